The lowest BCUT2D eigenvalue weighted by molar-refractivity contribution is -0.147. The lowest BCUT2D eigenvalue weighted by Gasteiger charge is -2.40. The summed E-state index contributed by atoms with van der Waals surface area (Å²) in [4.78, 5) is 16.7. The molecule has 2 fully saturated rings. The van der Waals surface area contributed by atoms with Crippen LogP contribution in [0, 0.1) is 0 Å². The lowest BCUT2D eigenvalue weighted by Crippen LogP contribution is -2.55. The zero-order chi connectivity index (χ0) is 15.1. The maximum absolute atomic E-state index is 11.9. The summed E-state index contributed by atoms with van der Waals surface area (Å²) in [5, 5.41) is 0. The summed E-state index contributed by atoms with van der Waals surface area (Å²) >= 11 is 0. The Morgan fingerprint density at radius 2 is 1.90 bits per heavy atom. The van der Waals surface area contributed by atoms with E-state index in [1.807, 2.05) is 28.5 Å². The van der Waals surface area contributed by atoms with E-state index in [0.717, 1.165) is 19.6 Å². The van der Waals surface area contributed by atoms with Crippen molar-refractivity contribution in [3.63, 3.8) is 0 Å². The SMILES string of the molecule is COC(=O)C(C)N1CCN2CC(C)(C)SSC(C)(C)C21. The first-order valence-electron chi connectivity index (χ1n) is 7.12. The van der Waals surface area contributed by atoms with Crippen LogP contribution in [0.15, 0.2) is 0 Å². The molecule has 2 aliphatic rings. The van der Waals surface area contributed by atoms with Crippen LogP contribution in [-0.4, -0.2) is 64.2 Å². The van der Waals surface area contributed by atoms with Crippen molar-refractivity contribution in [2.45, 2.75) is 56.3 Å². The number of ether oxygens (including phenoxy) is 1. The molecule has 0 aliphatic carbocycles. The Morgan fingerprint density at radius 3 is 2.50 bits per heavy atom. The average molecular weight is 319 g/mol. The molecule has 0 aromatic heterocycles. The molecule has 0 amide bonds. The fourth-order valence-electron chi connectivity index (χ4n) is 3.19. The number of hydrogen-bond acceptors (Lipinski definition) is 6. The van der Waals surface area contributed by atoms with Crippen molar-refractivity contribution in [3.05, 3.63) is 0 Å². The highest BCUT2D eigenvalue weighted by molar-refractivity contribution is 8.77. The smallest absolute Gasteiger partial charge is 0.322 e. The number of rotatable bonds is 2. The van der Waals surface area contributed by atoms with E-state index in [1.165, 1.54) is 7.11 Å². The van der Waals surface area contributed by atoms with E-state index in [9.17, 15) is 4.79 Å². The maximum atomic E-state index is 11.9. The van der Waals surface area contributed by atoms with Crippen molar-refractivity contribution in [1.82, 2.24) is 9.80 Å². The Labute approximate surface area is 130 Å². The molecule has 0 N–H and O–H groups in total. The van der Waals surface area contributed by atoms with Gasteiger partial charge in [-0.1, -0.05) is 21.6 Å². The highest BCUT2D eigenvalue weighted by atomic mass is 33.1. The molecule has 0 saturated carbocycles. The summed E-state index contributed by atoms with van der Waals surface area (Å²) in [5.74, 6) is -0.135. The van der Waals surface area contributed by atoms with Crippen LogP contribution in [0.3, 0.4) is 0 Å². The number of hydrogen-bond donors (Lipinski definition) is 0. The number of fused-ring (bicyclic) bond motifs is 1. The van der Waals surface area contributed by atoms with Crippen LogP contribution >= 0.6 is 21.6 Å². The Balaban J connectivity index is 2.26. The van der Waals surface area contributed by atoms with Gasteiger partial charge in [-0.25, -0.2) is 0 Å². The summed E-state index contributed by atoms with van der Waals surface area (Å²) in [6, 6.07) is -0.180. The quantitative estimate of drug-likeness (QED) is 0.574. The van der Waals surface area contributed by atoms with E-state index in [1.54, 1.807) is 0 Å². The molecule has 20 heavy (non-hydrogen) atoms. The number of methoxy groups -OCH3 is 1. The molecule has 2 saturated heterocycles. The van der Waals surface area contributed by atoms with Gasteiger partial charge in [-0.2, -0.15) is 0 Å². The minimum absolute atomic E-state index is 0.0806. The minimum Gasteiger partial charge on any atom is -0.468 e. The first-order chi connectivity index (χ1) is 9.18. The summed E-state index contributed by atoms with van der Waals surface area (Å²) in [6.45, 7) is 14.2. The van der Waals surface area contributed by atoms with E-state index in [0.29, 0.717) is 0 Å². The largest absolute Gasteiger partial charge is 0.468 e. The van der Waals surface area contributed by atoms with E-state index in [2.05, 4.69) is 37.5 Å². The molecule has 2 aliphatic heterocycles. The number of carbonyl (C=O) groups is 1. The summed E-state index contributed by atoms with van der Waals surface area (Å²) in [7, 11) is 5.38. The highest BCUT2D eigenvalue weighted by Gasteiger charge is 2.50. The molecule has 0 aromatic rings. The van der Waals surface area contributed by atoms with Gasteiger partial charge in [-0.05, 0) is 34.6 Å². The van der Waals surface area contributed by atoms with Gasteiger partial charge in [0, 0.05) is 29.1 Å². The molecule has 6 heteroatoms. The van der Waals surface area contributed by atoms with Gasteiger partial charge in [0.2, 0.25) is 0 Å². The Bertz CT molecular complexity index is 387. The van der Waals surface area contributed by atoms with Gasteiger partial charge < -0.3 is 4.74 Å². The Kier molecular flexibility index (Phi) is 4.70. The number of esters is 1. The molecule has 0 radical (unpaired) electrons. The van der Waals surface area contributed by atoms with E-state index >= 15 is 0 Å². The van der Waals surface area contributed by atoms with E-state index in [4.69, 9.17) is 4.74 Å². The standard InChI is InChI=1S/C14H26N2O2S2/c1-10(11(17)18-6)16-8-7-15-9-13(2,3)19-20-14(4,5)12(15)16/h10,12H,7-9H2,1-6H3. The highest BCUT2D eigenvalue weighted by Crippen LogP contribution is 2.51. The molecule has 0 bridgehead atoms. The van der Waals surface area contributed by atoms with Crippen LogP contribution in [0.5, 0.6) is 0 Å². The second-order valence-electron chi connectivity index (χ2n) is 6.81. The monoisotopic (exact) mass is 318 g/mol. The van der Waals surface area contributed by atoms with Gasteiger partial charge in [-0.3, -0.25) is 14.6 Å². The summed E-state index contributed by atoms with van der Waals surface area (Å²) < 4.78 is 5.25. The first-order valence-corrected chi connectivity index (χ1v) is 9.27. The lowest BCUT2D eigenvalue weighted by atomic mass is 10.1. The van der Waals surface area contributed by atoms with Crippen molar-refractivity contribution in [3.8, 4) is 0 Å². The van der Waals surface area contributed by atoms with Crippen molar-refractivity contribution < 1.29 is 9.53 Å². The van der Waals surface area contributed by atoms with Gasteiger partial charge in [0.1, 0.15) is 6.04 Å². The van der Waals surface area contributed by atoms with E-state index in [-0.39, 0.29) is 27.7 Å². The van der Waals surface area contributed by atoms with Crippen LogP contribution in [0.2, 0.25) is 0 Å². The molecule has 0 aromatic carbocycles. The molecule has 2 unspecified atom stereocenters. The molecule has 4 nitrogen and oxygen atoms in total. The molecule has 2 heterocycles. The third-order valence-electron chi connectivity index (χ3n) is 4.03. The second kappa shape index (κ2) is 5.71. The van der Waals surface area contributed by atoms with Gasteiger partial charge in [-0.15, -0.1) is 0 Å². The molecule has 116 valence electrons. The first kappa shape index (κ1) is 16.5. The predicted molar refractivity (Wildman–Crippen MR) is 86.9 cm³/mol. The van der Waals surface area contributed by atoms with Crippen LogP contribution in [0.25, 0.3) is 0 Å². The number of carbonyl (C=O) groups excluding carboxylic acids is 1. The van der Waals surface area contributed by atoms with E-state index < -0.39 is 0 Å². The van der Waals surface area contributed by atoms with Crippen molar-refractivity contribution in [1.29, 1.82) is 0 Å². The molecule has 2 rings (SSSR count). The fourth-order valence-corrected chi connectivity index (χ4v) is 5.96. The van der Waals surface area contributed by atoms with Crippen molar-refractivity contribution in [2.75, 3.05) is 26.7 Å². The normalized spacial score (nSPS) is 31.4. The third-order valence-corrected chi connectivity index (χ3v) is 8.23. The van der Waals surface area contributed by atoms with Crippen LogP contribution in [0.4, 0.5) is 0 Å². The molecular weight excluding hydrogens is 292 g/mol. The molecule has 2 atom stereocenters. The zero-order valence-electron chi connectivity index (χ0n) is 13.3. The summed E-state index contributed by atoms with van der Waals surface area (Å²) in [5.41, 5.74) is 0. The number of nitrogens with zero attached hydrogens (tertiary/aromatic N) is 2. The Hall–Kier alpha value is 0.0900. The van der Waals surface area contributed by atoms with Crippen molar-refractivity contribution in [2.24, 2.45) is 0 Å². The second-order valence-corrected chi connectivity index (χ2v) is 10.3. The van der Waals surface area contributed by atoms with Crippen LogP contribution < -0.4 is 0 Å². The van der Waals surface area contributed by atoms with Gasteiger partial charge in [0.05, 0.1) is 13.3 Å². The van der Waals surface area contributed by atoms with Gasteiger partial charge in [0.25, 0.3) is 0 Å². The maximum Gasteiger partial charge on any atom is 0.322 e. The molecule has 0 spiro atoms. The predicted octanol–water partition coefficient (Wildman–Crippen LogP) is 2.44. The minimum atomic E-state index is -0.180. The third kappa shape index (κ3) is 3.13. The molecular formula is C14H26N2O2S2. The van der Waals surface area contributed by atoms with Gasteiger partial charge in [0.15, 0.2) is 0 Å². The Morgan fingerprint density at radius 1 is 1.25 bits per heavy atom. The van der Waals surface area contributed by atoms with Crippen LogP contribution in [-0.2, 0) is 9.53 Å². The topological polar surface area (TPSA) is 32.8 Å². The average Bonchev–Trinajstić information content (AvgIpc) is 2.74. The van der Waals surface area contributed by atoms with Crippen molar-refractivity contribution >= 4 is 27.6 Å². The summed E-state index contributed by atoms with van der Waals surface area (Å²) in [6.07, 6.45) is 0.288. The van der Waals surface area contributed by atoms with Crippen LogP contribution in [0.1, 0.15) is 34.6 Å². The zero-order valence-corrected chi connectivity index (χ0v) is 14.9. The van der Waals surface area contributed by atoms with Gasteiger partial charge >= 0.3 is 5.97 Å². The fraction of sp³-hybridized carbons (Fsp3) is 0.929.